The van der Waals surface area contributed by atoms with Gasteiger partial charge in [-0.1, -0.05) is 0 Å². The van der Waals surface area contributed by atoms with Crippen molar-refractivity contribution < 1.29 is 28.9 Å². The summed E-state index contributed by atoms with van der Waals surface area (Å²) in [4.78, 5) is 22.7. The number of fused-ring (bicyclic) bond motifs is 1. The van der Waals surface area contributed by atoms with Crippen molar-refractivity contribution in [2.24, 2.45) is 11.3 Å². The molecule has 20 heavy (non-hydrogen) atoms. The maximum atomic E-state index is 11.5. The Morgan fingerprint density at radius 2 is 2.00 bits per heavy atom. The van der Waals surface area contributed by atoms with Gasteiger partial charge in [0.25, 0.3) is 0 Å². The molecule has 6 nitrogen and oxygen atoms in total. The van der Waals surface area contributed by atoms with Crippen molar-refractivity contribution in [3.05, 3.63) is 0 Å². The second-order valence-corrected chi connectivity index (χ2v) is 6.46. The van der Waals surface area contributed by atoms with Crippen molar-refractivity contribution in [3.8, 4) is 0 Å². The predicted molar refractivity (Wildman–Crippen MR) is 66.7 cm³/mol. The fourth-order valence-corrected chi connectivity index (χ4v) is 4.51. The van der Waals surface area contributed by atoms with Crippen LogP contribution in [0.3, 0.4) is 0 Å². The van der Waals surface area contributed by atoms with E-state index in [0.29, 0.717) is 19.4 Å². The lowest BCUT2D eigenvalue weighted by Gasteiger charge is -2.66. The third kappa shape index (κ3) is 1.41. The van der Waals surface area contributed by atoms with Crippen LogP contribution >= 0.6 is 0 Å². The van der Waals surface area contributed by atoms with Crippen LogP contribution in [-0.2, 0) is 23.8 Å². The molecule has 4 rings (SSSR count). The van der Waals surface area contributed by atoms with Gasteiger partial charge in [-0.2, -0.15) is 0 Å². The molecule has 0 aromatic rings. The van der Waals surface area contributed by atoms with Crippen LogP contribution in [0.25, 0.3) is 0 Å². The first-order valence-corrected chi connectivity index (χ1v) is 6.91. The maximum Gasteiger partial charge on any atom is 0.303 e. The molecule has 0 aromatic heterocycles. The van der Waals surface area contributed by atoms with E-state index in [9.17, 15) is 14.7 Å². The average Bonchev–Trinajstić information content (AvgIpc) is 2.41. The molecule has 3 aliphatic carbocycles. The normalized spacial score (nSPS) is 48.4. The molecule has 1 saturated heterocycles. The summed E-state index contributed by atoms with van der Waals surface area (Å²) in [6, 6.07) is 0. The SMILES string of the molecule is CC(=O)OC[C@]12CO[C@@]3(C)CC(O)[C@@H]1C[C@@]23OC(C)=O. The van der Waals surface area contributed by atoms with E-state index in [1.54, 1.807) is 0 Å². The van der Waals surface area contributed by atoms with Gasteiger partial charge in [0.05, 0.1) is 18.1 Å². The van der Waals surface area contributed by atoms with Gasteiger partial charge in [-0.3, -0.25) is 9.59 Å². The molecule has 1 aliphatic heterocycles. The molecule has 1 unspecified atom stereocenters. The third-order valence-corrected chi connectivity index (χ3v) is 5.44. The highest BCUT2D eigenvalue weighted by atomic mass is 16.6. The number of rotatable bonds is 3. The van der Waals surface area contributed by atoms with Crippen molar-refractivity contribution in [3.63, 3.8) is 0 Å². The molecule has 0 amide bonds. The minimum absolute atomic E-state index is 0.0585. The number of esters is 2. The molecule has 4 aliphatic rings. The quantitative estimate of drug-likeness (QED) is 0.756. The molecular weight excluding hydrogens is 264 g/mol. The molecule has 4 bridgehead atoms. The van der Waals surface area contributed by atoms with Gasteiger partial charge in [0, 0.05) is 26.2 Å². The molecule has 5 atom stereocenters. The molecule has 4 fully saturated rings. The van der Waals surface area contributed by atoms with E-state index in [4.69, 9.17) is 14.2 Å². The van der Waals surface area contributed by atoms with E-state index in [-0.39, 0.29) is 24.5 Å². The maximum absolute atomic E-state index is 11.5. The summed E-state index contributed by atoms with van der Waals surface area (Å²) >= 11 is 0. The molecular formula is C14H20O6. The first kappa shape index (κ1) is 13.8. The first-order chi connectivity index (χ1) is 9.26. The predicted octanol–water partition coefficient (Wildman–Crippen LogP) is 0.411. The van der Waals surface area contributed by atoms with Gasteiger partial charge >= 0.3 is 11.9 Å². The highest BCUT2D eigenvalue weighted by molar-refractivity contribution is 5.68. The number of carbonyl (C=O) groups excluding carboxylic acids is 2. The van der Waals surface area contributed by atoms with Crippen LogP contribution in [0.2, 0.25) is 0 Å². The Hall–Kier alpha value is -1.14. The number of carbonyl (C=O) groups is 2. The number of aliphatic hydroxyl groups excluding tert-OH is 1. The van der Waals surface area contributed by atoms with Gasteiger partial charge in [-0.05, 0) is 13.3 Å². The summed E-state index contributed by atoms with van der Waals surface area (Å²) in [5.41, 5.74) is -2.12. The van der Waals surface area contributed by atoms with Crippen LogP contribution in [0, 0.1) is 11.3 Å². The summed E-state index contributed by atoms with van der Waals surface area (Å²) in [6.45, 7) is 5.03. The van der Waals surface area contributed by atoms with Crippen LogP contribution in [0.15, 0.2) is 0 Å². The van der Waals surface area contributed by atoms with Gasteiger partial charge in [0.1, 0.15) is 12.2 Å². The molecule has 1 heterocycles. The molecule has 0 radical (unpaired) electrons. The van der Waals surface area contributed by atoms with E-state index in [0.717, 1.165) is 0 Å². The molecule has 3 saturated carbocycles. The molecule has 1 N–H and O–H groups in total. The smallest absolute Gasteiger partial charge is 0.303 e. The Labute approximate surface area is 117 Å². The Morgan fingerprint density at radius 1 is 1.30 bits per heavy atom. The van der Waals surface area contributed by atoms with Crippen LogP contribution in [0.4, 0.5) is 0 Å². The van der Waals surface area contributed by atoms with Crippen LogP contribution in [0.1, 0.15) is 33.6 Å². The number of hydrogen-bond acceptors (Lipinski definition) is 6. The average molecular weight is 284 g/mol. The first-order valence-electron chi connectivity index (χ1n) is 6.91. The lowest BCUT2D eigenvalue weighted by Crippen LogP contribution is -2.78. The van der Waals surface area contributed by atoms with E-state index in [2.05, 4.69) is 0 Å². The minimum Gasteiger partial charge on any atom is -0.465 e. The van der Waals surface area contributed by atoms with Crippen LogP contribution in [0.5, 0.6) is 0 Å². The van der Waals surface area contributed by atoms with E-state index < -0.39 is 22.7 Å². The van der Waals surface area contributed by atoms with Crippen molar-refractivity contribution in [1.29, 1.82) is 0 Å². The van der Waals surface area contributed by atoms with Crippen molar-refractivity contribution in [2.75, 3.05) is 13.2 Å². The van der Waals surface area contributed by atoms with Gasteiger partial charge in [-0.15, -0.1) is 0 Å². The van der Waals surface area contributed by atoms with E-state index >= 15 is 0 Å². The zero-order valence-electron chi connectivity index (χ0n) is 12.0. The van der Waals surface area contributed by atoms with Crippen molar-refractivity contribution in [2.45, 2.75) is 50.9 Å². The highest BCUT2D eigenvalue weighted by Gasteiger charge is 2.84. The molecule has 0 aromatic carbocycles. The lowest BCUT2D eigenvalue weighted by atomic mass is 9.41. The van der Waals surface area contributed by atoms with Gasteiger partial charge in [-0.25, -0.2) is 0 Å². The third-order valence-electron chi connectivity index (χ3n) is 5.44. The minimum atomic E-state index is -0.787. The van der Waals surface area contributed by atoms with Gasteiger partial charge < -0.3 is 19.3 Å². The fraction of sp³-hybridized carbons (Fsp3) is 0.857. The van der Waals surface area contributed by atoms with E-state index in [1.165, 1.54) is 13.8 Å². The summed E-state index contributed by atoms with van der Waals surface area (Å²) in [7, 11) is 0. The highest BCUT2D eigenvalue weighted by Crippen LogP contribution is 2.72. The van der Waals surface area contributed by atoms with Crippen LogP contribution < -0.4 is 0 Å². The molecule has 0 spiro atoms. The molecule has 112 valence electrons. The Kier molecular flexibility index (Phi) is 2.73. The summed E-state index contributed by atoms with van der Waals surface area (Å²) < 4.78 is 16.7. The summed E-state index contributed by atoms with van der Waals surface area (Å²) in [6.07, 6.45) is 0.480. The lowest BCUT2D eigenvalue weighted by molar-refractivity contribution is -0.302. The molecule has 6 heteroatoms. The second kappa shape index (κ2) is 3.95. The monoisotopic (exact) mass is 284 g/mol. The fourth-order valence-electron chi connectivity index (χ4n) is 4.51. The van der Waals surface area contributed by atoms with Gasteiger partial charge in [0.2, 0.25) is 0 Å². The zero-order chi connectivity index (χ0) is 14.8. The Bertz CT molecular complexity index is 476. The standard InChI is InChI=1S/C14H20O6/c1-8(15)18-6-13-7-19-12(3)5-11(17)10(13)4-14(12,13)20-9(2)16/h10-11,17H,4-7H2,1-3H3/t10-,11?,12-,13-,14-/m0/s1. The number of hydrogen-bond donors (Lipinski definition) is 1. The summed E-state index contributed by atoms with van der Waals surface area (Å²) in [5.74, 6) is -0.814. The topological polar surface area (TPSA) is 82.1 Å². The Morgan fingerprint density at radius 3 is 2.60 bits per heavy atom. The van der Waals surface area contributed by atoms with Crippen molar-refractivity contribution >= 4 is 11.9 Å². The summed E-state index contributed by atoms with van der Waals surface area (Å²) in [5, 5.41) is 10.3. The Balaban J connectivity index is 1.98. The number of ether oxygens (including phenoxy) is 3. The zero-order valence-corrected chi connectivity index (χ0v) is 12.0. The largest absolute Gasteiger partial charge is 0.465 e. The van der Waals surface area contributed by atoms with Crippen molar-refractivity contribution in [1.82, 2.24) is 0 Å². The second-order valence-electron chi connectivity index (χ2n) is 6.46. The van der Waals surface area contributed by atoms with Gasteiger partial charge in [0.15, 0.2) is 5.60 Å². The van der Waals surface area contributed by atoms with E-state index in [1.807, 2.05) is 6.92 Å². The number of aliphatic hydroxyl groups is 1. The van der Waals surface area contributed by atoms with Crippen LogP contribution in [-0.4, -0.2) is 47.6 Å².